The molecule has 0 aliphatic rings. The van der Waals surface area contributed by atoms with Gasteiger partial charge in [0.2, 0.25) is 5.75 Å². The molecule has 4 aromatic rings. The summed E-state index contributed by atoms with van der Waals surface area (Å²) in [7, 11) is 4.40. The number of hydrogen-bond donors (Lipinski definition) is 1. The third-order valence-electron chi connectivity index (χ3n) is 5.23. The van der Waals surface area contributed by atoms with Gasteiger partial charge in [-0.15, -0.1) is 0 Å². The van der Waals surface area contributed by atoms with Crippen molar-refractivity contribution in [3.63, 3.8) is 0 Å². The van der Waals surface area contributed by atoms with E-state index < -0.39 is 6.61 Å². The van der Waals surface area contributed by atoms with Crippen LogP contribution < -0.4 is 18.9 Å². The van der Waals surface area contributed by atoms with E-state index >= 15 is 0 Å². The number of aromatic amines is 1. The number of carbonyl (C=O) groups is 1. The zero-order valence-electron chi connectivity index (χ0n) is 19.2. The molecule has 0 aliphatic carbocycles. The molecule has 35 heavy (non-hydrogen) atoms. The minimum absolute atomic E-state index is 0.0124. The Morgan fingerprint density at radius 1 is 0.943 bits per heavy atom. The first-order valence-corrected chi connectivity index (χ1v) is 10.5. The van der Waals surface area contributed by atoms with Gasteiger partial charge in [-0.1, -0.05) is 24.3 Å². The fourth-order valence-corrected chi connectivity index (χ4v) is 3.60. The van der Waals surface area contributed by atoms with Crippen LogP contribution >= 0.6 is 0 Å². The Hall–Kier alpha value is -4.40. The van der Waals surface area contributed by atoms with Crippen molar-refractivity contribution < 1.29 is 32.5 Å². The highest BCUT2D eigenvalue weighted by atomic mass is 19.3. The Morgan fingerprint density at radius 2 is 1.60 bits per heavy atom. The van der Waals surface area contributed by atoms with Gasteiger partial charge >= 0.3 is 6.61 Å². The standard InChI is InChI=1S/C26H22F2N2O5/c1-32-21-13-16(14-22(33-2)24(21)34-3)23(31)18(25-29-19-6-4-5-7-20(19)30-25)12-15-8-10-17(11-9-15)35-26(27)28/h4-14,26H,1-3H3,(H,29,30)/b18-12+. The molecule has 7 nitrogen and oxygen atoms in total. The summed E-state index contributed by atoms with van der Waals surface area (Å²) in [6.45, 7) is -2.93. The maximum absolute atomic E-state index is 13.8. The Labute approximate surface area is 199 Å². The lowest BCUT2D eigenvalue weighted by atomic mass is 9.99. The number of benzene rings is 3. The van der Waals surface area contributed by atoms with Crippen LogP contribution in [0.1, 0.15) is 21.7 Å². The predicted octanol–water partition coefficient (Wildman–Crippen LogP) is 5.61. The smallest absolute Gasteiger partial charge is 0.387 e. The number of ether oxygens (including phenoxy) is 4. The molecule has 0 spiro atoms. The van der Waals surface area contributed by atoms with Gasteiger partial charge in [-0.25, -0.2) is 4.98 Å². The number of methoxy groups -OCH3 is 3. The van der Waals surface area contributed by atoms with E-state index in [2.05, 4.69) is 14.7 Å². The molecule has 4 rings (SSSR count). The van der Waals surface area contributed by atoms with Crippen molar-refractivity contribution in [3.05, 3.63) is 77.6 Å². The molecule has 1 heterocycles. The van der Waals surface area contributed by atoms with Crippen LogP contribution in [0.25, 0.3) is 22.7 Å². The van der Waals surface area contributed by atoms with Crippen LogP contribution in [0.3, 0.4) is 0 Å². The molecule has 9 heteroatoms. The average molecular weight is 480 g/mol. The average Bonchev–Trinajstić information content (AvgIpc) is 3.30. The van der Waals surface area contributed by atoms with Crippen molar-refractivity contribution in [3.8, 4) is 23.0 Å². The van der Waals surface area contributed by atoms with Crippen molar-refractivity contribution in [2.45, 2.75) is 6.61 Å². The zero-order chi connectivity index (χ0) is 24.9. The number of allylic oxidation sites excluding steroid dienone is 1. The van der Waals surface area contributed by atoms with Crippen LogP contribution in [-0.2, 0) is 0 Å². The highest BCUT2D eigenvalue weighted by Crippen LogP contribution is 2.39. The molecular formula is C26H22F2N2O5. The molecule has 180 valence electrons. The minimum atomic E-state index is -2.93. The van der Waals surface area contributed by atoms with E-state index in [-0.39, 0.29) is 22.7 Å². The SMILES string of the molecule is COc1cc(C(=O)/C(=C\c2ccc(OC(F)F)cc2)c2nc3ccccc3[nH]2)cc(OC)c1OC. The quantitative estimate of drug-likeness (QED) is 0.248. The topological polar surface area (TPSA) is 82.7 Å². The Bertz CT molecular complexity index is 1320. The first-order valence-electron chi connectivity index (χ1n) is 10.5. The van der Waals surface area contributed by atoms with Gasteiger partial charge in [0.1, 0.15) is 11.6 Å². The van der Waals surface area contributed by atoms with Crippen molar-refractivity contribution >= 4 is 28.5 Å². The number of hydrogen-bond acceptors (Lipinski definition) is 6. The summed E-state index contributed by atoms with van der Waals surface area (Å²) < 4.78 is 45.6. The molecule has 0 fully saturated rings. The second-order valence-electron chi connectivity index (χ2n) is 7.35. The molecule has 0 saturated carbocycles. The minimum Gasteiger partial charge on any atom is -0.493 e. The number of imidazole rings is 1. The van der Waals surface area contributed by atoms with Gasteiger partial charge in [-0.3, -0.25) is 4.79 Å². The highest BCUT2D eigenvalue weighted by Gasteiger charge is 2.22. The van der Waals surface area contributed by atoms with Crippen molar-refractivity contribution in [1.82, 2.24) is 9.97 Å². The number of alkyl halides is 2. The first-order chi connectivity index (χ1) is 16.9. The molecule has 0 aliphatic heterocycles. The number of H-pyrrole nitrogens is 1. The lowest BCUT2D eigenvalue weighted by Gasteiger charge is -2.14. The van der Waals surface area contributed by atoms with E-state index in [0.29, 0.717) is 34.2 Å². The van der Waals surface area contributed by atoms with Crippen LogP contribution in [0.15, 0.2) is 60.7 Å². The fraction of sp³-hybridized carbons (Fsp3) is 0.154. The summed E-state index contributed by atoms with van der Waals surface area (Å²) in [6.07, 6.45) is 1.62. The van der Waals surface area contributed by atoms with E-state index in [1.807, 2.05) is 24.3 Å². The Balaban J connectivity index is 1.83. The second-order valence-corrected chi connectivity index (χ2v) is 7.35. The predicted molar refractivity (Wildman–Crippen MR) is 127 cm³/mol. The van der Waals surface area contributed by atoms with Gasteiger partial charge in [0.25, 0.3) is 0 Å². The van der Waals surface area contributed by atoms with Crippen LogP contribution in [-0.4, -0.2) is 43.7 Å². The maximum Gasteiger partial charge on any atom is 0.387 e. The molecule has 0 bridgehead atoms. The van der Waals surface area contributed by atoms with Gasteiger partial charge in [-0.05, 0) is 48.0 Å². The first kappa shape index (κ1) is 23.7. The lowest BCUT2D eigenvalue weighted by molar-refractivity contribution is -0.0498. The maximum atomic E-state index is 13.8. The number of carbonyl (C=O) groups excluding carboxylic acids is 1. The number of nitrogens with one attached hydrogen (secondary N) is 1. The molecule has 1 aromatic heterocycles. The van der Waals surface area contributed by atoms with Crippen molar-refractivity contribution in [2.75, 3.05) is 21.3 Å². The highest BCUT2D eigenvalue weighted by molar-refractivity contribution is 6.32. The van der Waals surface area contributed by atoms with Gasteiger partial charge in [0.15, 0.2) is 17.3 Å². The molecule has 0 unspecified atom stereocenters. The molecule has 3 aromatic carbocycles. The molecule has 1 N–H and O–H groups in total. The summed E-state index contributed by atoms with van der Waals surface area (Å²) in [5.74, 6) is 1.00. The lowest BCUT2D eigenvalue weighted by Crippen LogP contribution is -2.06. The zero-order valence-corrected chi connectivity index (χ0v) is 19.2. The summed E-state index contributed by atoms with van der Waals surface area (Å²) >= 11 is 0. The van der Waals surface area contributed by atoms with Crippen LogP contribution in [0, 0.1) is 0 Å². The Kier molecular flexibility index (Phi) is 6.96. The summed E-state index contributed by atoms with van der Waals surface area (Å²) in [6, 6.07) is 16.4. The molecule has 0 saturated heterocycles. The number of rotatable bonds is 9. The normalized spacial score (nSPS) is 11.5. The Morgan fingerprint density at radius 3 is 2.17 bits per heavy atom. The number of nitrogens with zero attached hydrogens (tertiary/aromatic N) is 1. The monoisotopic (exact) mass is 480 g/mol. The van der Waals surface area contributed by atoms with Crippen molar-refractivity contribution in [2.24, 2.45) is 0 Å². The third-order valence-corrected chi connectivity index (χ3v) is 5.23. The third kappa shape index (κ3) is 5.08. The van der Waals surface area contributed by atoms with Crippen LogP contribution in [0.5, 0.6) is 23.0 Å². The number of ketones is 1. The van der Waals surface area contributed by atoms with Crippen molar-refractivity contribution in [1.29, 1.82) is 0 Å². The summed E-state index contributed by atoms with van der Waals surface area (Å²) in [5, 5.41) is 0. The molecule has 0 radical (unpaired) electrons. The summed E-state index contributed by atoms with van der Waals surface area (Å²) in [5.41, 5.74) is 2.56. The molecular weight excluding hydrogens is 458 g/mol. The van der Waals surface area contributed by atoms with E-state index in [1.54, 1.807) is 30.3 Å². The number of aromatic nitrogens is 2. The fourth-order valence-electron chi connectivity index (χ4n) is 3.60. The van der Waals surface area contributed by atoms with E-state index in [0.717, 1.165) is 5.52 Å². The number of halogens is 2. The number of Topliss-reactive ketones (excluding diaryl/α,β-unsaturated/α-hetero) is 1. The van der Waals surface area contributed by atoms with E-state index in [9.17, 15) is 13.6 Å². The molecule has 0 amide bonds. The van der Waals surface area contributed by atoms with Crippen LogP contribution in [0.4, 0.5) is 8.78 Å². The number of para-hydroxylation sites is 2. The second kappa shape index (κ2) is 10.3. The largest absolute Gasteiger partial charge is 0.493 e. The van der Waals surface area contributed by atoms with E-state index in [4.69, 9.17) is 14.2 Å². The number of fused-ring (bicyclic) bond motifs is 1. The van der Waals surface area contributed by atoms with Gasteiger partial charge in [-0.2, -0.15) is 8.78 Å². The molecule has 0 atom stereocenters. The summed E-state index contributed by atoms with van der Waals surface area (Å²) in [4.78, 5) is 21.5. The van der Waals surface area contributed by atoms with Gasteiger partial charge < -0.3 is 23.9 Å². The van der Waals surface area contributed by atoms with Crippen LogP contribution in [0.2, 0.25) is 0 Å². The van der Waals surface area contributed by atoms with Gasteiger partial charge in [0, 0.05) is 5.56 Å². The van der Waals surface area contributed by atoms with Gasteiger partial charge in [0.05, 0.1) is 37.9 Å². The van der Waals surface area contributed by atoms with E-state index in [1.165, 1.54) is 33.5 Å².